The maximum atomic E-state index is 2.42. The zero-order valence-electron chi connectivity index (χ0n) is 34.5. The van der Waals surface area contributed by atoms with E-state index in [1.165, 1.54) is 110 Å². The second-order valence-electron chi connectivity index (χ2n) is 16.9. The molecule has 63 heavy (non-hydrogen) atoms. The number of benzene rings is 10. The number of hydrogen-bond acceptors (Lipinski definition) is 0. The molecule has 2 nitrogen and oxygen atoms in total. The molecule has 0 saturated carbocycles. The molecular formula is C61H40N2. The first-order valence-electron chi connectivity index (χ1n) is 21.9. The van der Waals surface area contributed by atoms with Crippen molar-refractivity contribution in [2.24, 2.45) is 0 Å². The van der Waals surface area contributed by atoms with Gasteiger partial charge in [0.25, 0.3) is 0 Å². The van der Waals surface area contributed by atoms with Crippen molar-refractivity contribution in [1.29, 1.82) is 0 Å². The Bertz CT molecular complexity index is 3700. The molecule has 0 fully saturated rings. The van der Waals surface area contributed by atoms with Crippen molar-refractivity contribution in [3.63, 3.8) is 0 Å². The van der Waals surface area contributed by atoms with E-state index in [2.05, 4.69) is 246 Å². The van der Waals surface area contributed by atoms with Crippen LogP contribution in [0.15, 0.2) is 237 Å². The van der Waals surface area contributed by atoms with Crippen LogP contribution >= 0.6 is 0 Å². The van der Waals surface area contributed by atoms with Crippen LogP contribution in [-0.2, 0) is 0 Å². The average molecular weight is 801 g/mol. The van der Waals surface area contributed by atoms with Gasteiger partial charge in [0.05, 0.1) is 22.1 Å². The summed E-state index contributed by atoms with van der Waals surface area (Å²) in [4.78, 5) is 0. The fourth-order valence-corrected chi connectivity index (χ4v) is 10.5. The van der Waals surface area contributed by atoms with Crippen LogP contribution in [0.5, 0.6) is 0 Å². The molecule has 0 bridgehead atoms. The van der Waals surface area contributed by atoms with E-state index in [4.69, 9.17) is 0 Å². The summed E-state index contributed by atoms with van der Waals surface area (Å²) < 4.78 is 4.78. The molecule has 294 valence electrons. The minimum Gasteiger partial charge on any atom is -0.309 e. The van der Waals surface area contributed by atoms with Gasteiger partial charge in [-0.2, -0.15) is 0 Å². The molecule has 1 aliphatic rings. The van der Waals surface area contributed by atoms with Gasteiger partial charge in [0.15, 0.2) is 0 Å². The normalized spacial score (nSPS) is 13.2. The molecule has 0 spiro atoms. The van der Waals surface area contributed by atoms with Crippen molar-refractivity contribution in [3.8, 4) is 55.9 Å². The summed E-state index contributed by atoms with van der Waals surface area (Å²) >= 11 is 0. The highest BCUT2D eigenvalue weighted by Crippen LogP contribution is 2.49. The fraction of sp³-hybridized carbons (Fsp3) is 0.0164. The molecule has 10 aromatic carbocycles. The molecule has 0 unspecified atom stereocenters. The summed E-state index contributed by atoms with van der Waals surface area (Å²) in [5, 5.41) is 5.07. The number of para-hydroxylation sites is 3. The molecule has 2 heterocycles. The van der Waals surface area contributed by atoms with Crippen LogP contribution in [-0.4, -0.2) is 9.13 Å². The third-order valence-electron chi connectivity index (χ3n) is 13.4. The van der Waals surface area contributed by atoms with Gasteiger partial charge in [-0.05, 0) is 128 Å². The fourth-order valence-electron chi connectivity index (χ4n) is 10.5. The highest BCUT2D eigenvalue weighted by atomic mass is 15.0. The number of fused-ring (bicyclic) bond motifs is 9. The predicted octanol–water partition coefficient (Wildman–Crippen LogP) is 16.0. The van der Waals surface area contributed by atoms with Crippen LogP contribution in [0.4, 0.5) is 0 Å². The Labute approximate surface area is 366 Å². The minimum atomic E-state index is 0.172. The van der Waals surface area contributed by atoms with E-state index < -0.39 is 0 Å². The number of aromatic nitrogens is 2. The standard InChI is InChI=1S/C61H40N2/c1-3-13-40(14-4-1)44-30-35-60-55(38-44)50-18-10-12-22-58(50)63(60)48-32-27-42(28-33-48)41-23-25-43(26-24-41)61-52-20-8-7-17-49(52)54-37-45(29-34-53(54)61)46-31-36-59-56(39-46)51-19-9-11-21-57(51)62(59)47-15-5-2-6-16-47/h1-39,61H/t61-/m1/s1. The smallest absolute Gasteiger partial charge is 0.0541 e. The number of rotatable bonds is 6. The number of nitrogens with zero attached hydrogens (tertiary/aromatic N) is 2. The zero-order chi connectivity index (χ0) is 41.4. The summed E-state index contributed by atoms with van der Waals surface area (Å²) in [6, 6.07) is 87.1. The van der Waals surface area contributed by atoms with Crippen molar-refractivity contribution >= 4 is 43.6 Å². The summed E-state index contributed by atoms with van der Waals surface area (Å²) in [5.41, 5.74) is 21.2. The van der Waals surface area contributed by atoms with Crippen molar-refractivity contribution in [3.05, 3.63) is 253 Å². The van der Waals surface area contributed by atoms with Crippen LogP contribution in [0.2, 0.25) is 0 Å². The van der Waals surface area contributed by atoms with E-state index in [1.54, 1.807) is 0 Å². The Hall–Kier alpha value is -8.20. The molecule has 12 aromatic rings. The lowest BCUT2D eigenvalue weighted by Gasteiger charge is -2.16. The lowest BCUT2D eigenvalue weighted by molar-refractivity contribution is 1.02. The van der Waals surface area contributed by atoms with Crippen LogP contribution in [0.25, 0.3) is 99.5 Å². The summed E-state index contributed by atoms with van der Waals surface area (Å²) in [6.07, 6.45) is 0. The Morgan fingerprint density at radius 3 is 1.33 bits per heavy atom. The third kappa shape index (κ3) is 5.65. The van der Waals surface area contributed by atoms with Crippen LogP contribution in [0, 0.1) is 0 Å². The van der Waals surface area contributed by atoms with Gasteiger partial charge >= 0.3 is 0 Å². The second-order valence-corrected chi connectivity index (χ2v) is 16.9. The van der Waals surface area contributed by atoms with E-state index in [-0.39, 0.29) is 5.92 Å². The molecule has 0 amide bonds. The van der Waals surface area contributed by atoms with Gasteiger partial charge in [0.2, 0.25) is 0 Å². The molecule has 1 aliphatic carbocycles. The maximum absolute atomic E-state index is 2.42. The lowest BCUT2D eigenvalue weighted by atomic mass is 9.88. The van der Waals surface area contributed by atoms with Crippen molar-refractivity contribution < 1.29 is 0 Å². The van der Waals surface area contributed by atoms with Gasteiger partial charge in [-0.15, -0.1) is 0 Å². The topological polar surface area (TPSA) is 9.86 Å². The Kier molecular flexibility index (Phi) is 8.01. The monoisotopic (exact) mass is 800 g/mol. The van der Waals surface area contributed by atoms with Gasteiger partial charge in [0, 0.05) is 38.8 Å². The highest BCUT2D eigenvalue weighted by molar-refractivity contribution is 6.11. The molecule has 0 N–H and O–H groups in total. The van der Waals surface area contributed by atoms with Gasteiger partial charge in [-0.25, -0.2) is 0 Å². The quantitative estimate of drug-likeness (QED) is 0.159. The average Bonchev–Trinajstić information content (AvgIpc) is 4.00. The molecule has 0 aliphatic heterocycles. The van der Waals surface area contributed by atoms with Crippen LogP contribution < -0.4 is 0 Å². The van der Waals surface area contributed by atoms with E-state index in [1.807, 2.05) is 0 Å². The SMILES string of the molecule is c1ccc(-c2ccc3c(c2)c2ccccc2n3-c2ccc(-c3ccc([C@@H]4c5ccccc5-c5cc(-c6ccc7c(c6)c6ccccc6n7-c6ccccc6)ccc54)cc3)cc2)cc1. The summed E-state index contributed by atoms with van der Waals surface area (Å²) in [5.74, 6) is 0.172. The number of hydrogen-bond donors (Lipinski definition) is 0. The van der Waals surface area contributed by atoms with Gasteiger partial charge in [-0.3, -0.25) is 0 Å². The van der Waals surface area contributed by atoms with Gasteiger partial charge < -0.3 is 9.13 Å². The van der Waals surface area contributed by atoms with Crippen LogP contribution in [0.3, 0.4) is 0 Å². The van der Waals surface area contributed by atoms with Crippen molar-refractivity contribution in [2.45, 2.75) is 5.92 Å². The molecule has 0 saturated heterocycles. The van der Waals surface area contributed by atoms with Crippen LogP contribution in [0.1, 0.15) is 22.6 Å². The summed E-state index contributed by atoms with van der Waals surface area (Å²) in [7, 11) is 0. The largest absolute Gasteiger partial charge is 0.309 e. The molecule has 2 heteroatoms. The predicted molar refractivity (Wildman–Crippen MR) is 264 cm³/mol. The van der Waals surface area contributed by atoms with E-state index >= 15 is 0 Å². The molecule has 2 aromatic heterocycles. The molecule has 1 atom stereocenters. The first kappa shape index (κ1) is 35.5. The first-order chi connectivity index (χ1) is 31.2. The third-order valence-corrected chi connectivity index (χ3v) is 13.4. The Balaban J connectivity index is 0.826. The highest BCUT2D eigenvalue weighted by Gasteiger charge is 2.30. The van der Waals surface area contributed by atoms with E-state index in [9.17, 15) is 0 Å². The van der Waals surface area contributed by atoms with Gasteiger partial charge in [-0.1, -0.05) is 170 Å². The minimum absolute atomic E-state index is 0.172. The Morgan fingerprint density at radius 1 is 0.254 bits per heavy atom. The Morgan fingerprint density at radius 2 is 0.683 bits per heavy atom. The second kappa shape index (κ2) is 14.2. The van der Waals surface area contributed by atoms with E-state index in [0.29, 0.717) is 0 Å². The van der Waals surface area contributed by atoms with Gasteiger partial charge in [0.1, 0.15) is 0 Å². The molecule has 0 radical (unpaired) electrons. The van der Waals surface area contributed by atoms with E-state index in [0.717, 1.165) is 5.69 Å². The zero-order valence-corrected chi connectivity index (χ0v) is 34.5. The lowest BCUT2D eigenvalue weighted by Crippen LogP contribution is -1.99. The molecular weight excluding hydrogens is 761 g/mol. The first-order valence-corrected chi connectivity index (χ1v) is 21.9. The maximum Gasteiger partial charge on any atom is 0.0541 e. The molecule has 13 rings (SSSR count). The summed E-state index contributed by atoms with van der Waals surface area (Å²) in [6.45, 7) is 0. The van der Waals surface area contributed by atoms with Crippen molar-refractivity contribution in [1.82, 2.24) is 9.13 Å². The van der Waals surface area contributed by atoms with Crippen molar-refractivity contribution in [2.75, 3.05) is 0 Å².